The number of carbonyl (C=O) groups excluding carboxylic acids is 2. The molecular weight excluding hydrogens is 310 g/mol. The van der Waals surface area contributed by atoms with E-state index in [9.17, 15) is 19.8 Å². The van der Waals surface area contributed by atoms with Crippen LogP contribution in [0.4, 0.5) is 0 Å². The van der Waals surface area contributed by atoms with Crippen molar-refractivity contribution in [2.24, 2.45) is 0 Å². The third-order valence-electron chi connectivity index (χ3n) is 3.84. The van der Waals surface area contributed by atoms with Crippen molar-refractivity contribution < 1.29 is 24.5 Å². The molecule has 2 unspecified atom stereocenters. The van der Waals surface area contributed by atoms with E-state index in [-0.39, 0.29) is 6.42 Å². The molecule has 0 aliphatic rings. The maximum absolute atomic E-state index is 11.9. The monoisotopic (exact) mass is 345 g/mol. The molecular formula is C18H35NO5. The third kappa shape index (κ3) is 12.3. The first kappa shape index (κ1) is 22.9. The number of nitrogens with one attached hydrogen (secondary N) is 1. The van der Waals surface area contributed by atoms with Crippen molar-refractivity contribution in [1.29, 1.82) is 0 Å². The predicted octanol–water partition coefficient (Wildman–Crippen LogP) is 2.31. The molecule has 24 heavy (non-hydrogen) atoms. The van der Waals surface area contributed by atoms with Crippen LogP contribution < -0.4 is 5.32 Å². The van der Waals surface area contributed by atoms with Crippen molar-refractivity contribution in [3.8, 4) is 0 Å². The highest BCUT2D eigenvalue weighted by atomic mass is 16.5. The van der Waals surface area contributed by atoms with Gasteiger partial charge in [0.25, 0.3) is 0 Å². The number of carbonyl (C=O) groups is 2. The largest absolute Gasteiger partial charge is 0.467 e. The zero-order chi connectivity index (χ0) is 18.6. The Labute approximate surface area is 146 Å². The summed E-state index contributed by atoms with van der Waals surface area (Å²) in [6, 6.07) is -0.792. The fourth-order valence-corrected chi connectivity index (χ4v) is 2.52. The molecule has 1 amide bonds. The molecule has 142 valence electrons. The van der Waals surface area contributed by atoms with Gasteiger partial charge in [0.05, 0.1) is 25.2 Å². The molecule has 0 rings (SSSR count). The van der Waals surface area contributed by atoms with Crippen LogP contribution in [0.3, 0.4) is 0 Å². The molecule has 0 aromatic rings. The Morgan fingerprint density at radius 2 is 1.71 bits per heavy atom. The molecule has 0 bridgehead atoms. The first-order valence-electron chi connectivity index (χ1n) is 8.97. The number of methoxy groups -OCH3 is 1. The van der Waals surface area contributed by atoms with Gasteiger partial charge in [0.15, 0.2) is 0 Å². The summed E-state index contributed by atoms with van der Waals surface area (Å²) in [5, 5.41) is 22.3. The van der Waals surface area contributed by atoms with Gasteiger partial charge in [0, 0.05) is 0 Å². The van der Waals surface area contributed by atoms with Crippen LogP contribution in [-0.2, 0) is 14.3 Å². The fourth-order valence-electron chi connectivity index (χ4n) is 2.52. The predicted molar refractivity (Wildman–Crippen MR) is 93.5 cm³/mol. The van der Waals surface area contributed by atoms with Gasteiger partial charge in [-0.1, -0.05) is 39.0 Å². The summed E-state index contributed by atoms with van der Waals surface area (Å²) in [5.41, 5.74) is -1.14. The van der Waals surface area contributed by atoms with Crippen LogP contribution >= 0.6 is 0 Å². The number of esters is 1. The lowest BCUT2D eigenvalue weighted by Gasteiger charge is -2.21. The van der Waals surface area contributed by atoms with E-state index >= 15 is 0 Å². The minimum Gasteiger partial charge on any atom is -0.467 e. The molecule has 0 fully saturated rings. The molecule has 3 N–H and O–H groups in total. The van der Waals surface area contributed by atoms with Crippen LogP contribution in [0.25, 0.3) is 0 Å². The second-order valence-electron chi connectivity index (χ2n) is 7.07. The summed E-state index contributed by atoms with van der Waals surface area (Å²) < 4.78 is 4.70. The van der Waals surface area contributed by atoms with E-state index in [4.69, 9.17) is 4.74 Å². The van der Waals surface area contributed by atoms with Crippen molar-refractivity contribution >= 4 is 11.9 Å². The van der Waals surface area contributed by atoms with Crippen molar-refractivity contribution in [1.82, 2.24) is 5.32 Å². The van der Waals surface area contributed by atoms with Crippen LogP contribution in [0.1, 0.15) is 78.6 Å². The Kier molecular flexibility index (Phi) is 11.7. The molecule has 0 aromatic heterocycles. The molecule has 6 nitrogen and oxygen atoms in total. The van der Waals surface area contributed by atoms with Crippen LogP contribution in [0.2, 0.25) is 0 Å². The molecule has 0 aromatic carbocycles. The van der Waals surface area contributed by atoms with E-state index in [2.05, 4.69) is 12.2 Å². The van der Waals surface area contributed by atoms with Crippen LogP contribution in [0.15, 0.2) is 0 Å². The Morgan fingerprint density at radius 3 is 2.25 bits per heavy atom. The van der Waals surface area contributed by atoms with Gasteiger partial charge < -0.3 is 20.3 Å². The molecule has 0 saturated heterocycles. The second kappa shape index (κ2) is 12.3. The van der Waals surface area contributed by atoms with Gasteiger partial charge in [-0.05, 0) is 33.1 Å². The van der Waals surface area contributed by atoms with Gasteiger partial charge >= 0.3 is 5.97 Å². The molecule has 0 aliphatic heterocycles. The molecule has 2 atom stereocenters. The highest BCUT2D eigenvalue weighted by Gasteiger charge is 2.25. The van der Waals surface area contributed by atoms with Crippen molar-refractivity contribution in [2.75, 3.05) is 7.11 Å². The summed E-state index contributed by atoms with van der Waals surface area (Å²) >= 11 is 0. The number of amides is 1. The summed E-state index contributed by atoms with van der Waals surface area (Å²) in [7, 11) is 1.27. The summed E-state index contributed by atoms with van der Waals surface area (Å²) in [6.45, 7) is 5.22. The molecule has 6 heteroatoms. The topological polar surface area (TPSA) is 95.9 Å². The van der Waals surface area contributed by atoms with E-state index in [0.29, 0.717) is 19.3 Å². The molecule has 0 saturated carbocycles. The van der Waals surface area contributed by atoms with Gasteiger partial charge in [-0.3, -0.25) is 4.79 Å². The zero-order valence-electron chi connectivity index (χ0n) is 15.6. The van der Waals surface area contributed by atoms with Crippen LogP contribution in [0, 0.1) is 0 Å². The first-order chi connectivity index (χ1) is 11.2. The summed E-state index contributed by atoms with van der Waals surface area (Å²) in [4.78, 5) is 23.6. The minimum absolute atomic E-state index is 0.0967. The maximum Gasteiger partial charge on any atom is 0.328 e. The lowest BCUT2D eigenvalue weighted by Crippen LogP contribution is -2.44. The normalized spacial score (nSPS) is 14.1. The highest BCUT2D eigenvalue weighted by molar-refractivity contribution is 5.84. The Hall–Kier alpha value is -1.14. The van der Waals surface area contributed by atoms with Gasteiger partial charge in [0.2, 0.25) is 5.91 Å². The fraction of sp³-hybridized carbons (Fsp3) is 0.889. The number of aliphatic hydroxyl groups is 2. The van der Waals surface area contributed by atoms with Crippen LogP contribution in [-0.4, -0.2) is 46.9 Å². The highest BCUT2D eigenvalue weighted by Crippen LogP contribution is 2.13. The van der Waals surface area contributed by atoms with Crippen molar-refractivity contribution in [3.05, 3.63) is 0 Å². The number of hydrogen-bond donors (Lipinski definition) is 3. The average Bonchev–Trinajstić information content (AvgIpc) is 2.48. The maximum atomic E-state index is 11.9. The Balaban J connectivity index is 4.24. The third-order valence-corrected chi connectivity index (χ3v) is 3.84. The van der Waals surface area contributed by atoms with E-state index in [1.807, 2.05) is 0 Å². The van der Waals surface area contributed by atoms with Gasteiger partial charge in [0.1, 0.15) is 6.04 Å². The quantitative estimate of drug-likeness (QED) is 0.352. The first-order valence-corrected chi connectivity index (χ1v) is 8.97. The number of rotatable bonds is 13. The van der Waals surface area contributed by atoms with E-state index < -0.39 is 29.6 Å². The SMILES string of the molecule is CCCCCCCC(O)CCC(NC(=O)CC(C)(C)O)C(=O)OC. The lowest BCUT2D eigenvalue weighted by molar-refractivity contribution is -0.146. The number of aliphatic hydroxyl groups excluding tert-OH is 1. The standard InChI is InChI=1S/C18H35NO5/c1-5-6-7-8-9-10-14(20)11-12-15(17(22)24-4)19-16(21)13-18(2,3)23/h14-15,20,23H,5-13H2,1-4H3,(H,19,21). The van der Waals surface area contributed by atoms with Crippen molar-refractivity contribution in [3.63, 3.8) is 0 Å². The minimum atomic E-state index is -1.14. The zero-order valence-corrected chi connectivity index (χ0v) is 15.6. The smallest absolute Gasteiger partial charge is 0.328 e. The molecule has 0 aliphatic carbocycles. The van der Waals surface area contributed by atoms with Gasteiger partial charge in [-0.2, -0.15) is 0 Å². The van der Waals surface area contributed by atoms with E-state index in [1.165, 1.54) is 40.2 Å². The summed E-state index contributed by atoms with van der Waals surface area (Å²) in [6.07, 6.45) is 6.53. The number of hydrogen-bond acceptors (Lipinski definition) is 5. The summed E-state index contributed by atoms with van der Waals surface area (Å²) in [5.74, 6) is -0.943. The Bertz CT molecular complexity index is 365. The molecule has 0 heterocycles. The van der Waals surface area contributed by atoms with Crippen molar-refractivity contribution in [2.45, 2.75) is 96.3 Å². The average molecular weight is 345 g/mol. The Morgan fingerprint density at radius 1 is 1.08 bits per heavy atom. The second-order valence-corrected chi connectivity index (χ2v) is 7.07. The lowest BCUT2D eigenvalue weighted by atomic mass is 10.0. The number of ether oxygens (including phenoxy) is 1. The van der Waals surface area contributed by atoms with Crippen LogP contribution in [0.5, 0.6) is 0 Å². The van der Waals surface area contributed by atoms with E-state index in [1.54, 1.807) is 0 Å². The number of unbranched alkanes of at least 4 members (excludes halogenated alkanes) is 4. The molecule has 0 spiro atoms. The molecule has 0 radical (unpaired) electrons. The van der Waals surface area contributed by atoms with Gasteiger partial charge in [-0.15, -0.1) is 0 Å². The van der Waals surface area contributed by atoms with Gasteiger partial charge in [-0.25, -0.2) is 4.79 Å². The van der Waals surface area contributed by atoms with E-state index in [0.717, 1.165) is 12.8 Å².